The topological polar surface area (TPSA) is 49.7 Å². The number of rotatable bonds is 5. The van der Waals surface area contributed by atoms with Gasteiger partial charge in [-0.25, -0.2) is 0 Å². The number of nitrogens with zero attached hydrogens (tertiary/aromatic N) is 4. The summed E-state index contributed by atoms with van der Waals surface area (Å²) in [6.45, 7) is 4.20. The molecule has 0 radical (unpaired) electrons. The van der Waals surface area contributed by atoms with Crippen LogP contribution >= 0.6 is 0 Å². The molecule has 1 saturated heterocycles. The van der Waals surface area contributed by atoms with Crippen LogP contribution in [0.4, 0.5) is 0 Å². The molecule has 0 bridgehead atoms. The summed E-state index contributed by atoms with van der Waals surface area (Å²) in [6, 6.07) is 8.44. The third-order valence-electron chi connectivity index (χ3n) is 4.71. The first-order valence-corrected chi connectivity index (χ1v) is 8.55. The molecule has 0 spiro atoms. The normalized spacial score (nSPS) is 16.2. The standard InChI is InChI=1S/C18H23N5/c1-4-9-22(10-5-1)13-16-14-23(21-20-16)11-8-15-12-19-18-7-3-2-6-17(15)18/h2-3,6-7,12,14,19H,1,4-5,8-11,13H2. The number of piperidine rings is 1. The lowest BCUT2D eigenvalue weighted by atomic mass is 10.1. The first-order chi connectivity index (χ1) is 11.4. The molecule has 120 valence electrons. The minimum Gasteiger partial charge on any atom is -0.361 e. The quantitative estimate of drug-likeness (QED) is 0.788. The highest BCUT2D eigenvalue weighted by Crippen LogP contribution is 2.18. The third kappa shape index (κ3) is 3.29. The van der Waals surface area contributed by atoms with E-state index in [4.69, 9.17) is 0 Å². The van der Waals surface area contributed by atoms with Crippen molar-refractivity contribution in [3.05, 3.63) is 47.9 Å². The number of hydrogen-bond acceptors (Lipinski definition) is 3. The Kier molecular flexibility index (Phi) is 4.11. The van der Waals surface area contributed by atoms with Crippen LogP contribution in [0.3, 0.4) is 0 Å². The number of aromatic nitrogens is 4. The predicted molar refractivity (Wildman–Crippen MR) is 91.2 cm³/mol. The summed E-state index contributed by atoms with van der Waals surface area (Å²) in [5.74, 6) is 0. The van der Waals surface area contributed by atoms with Gasteiger partial charge in [-0.2, -0.15) is 0 Å². The fourth-order valence-electron chi connectivity index (χ4n) is 3.44. The highest BCUT2D eigenvalue weighted by atomic mass is 15.4. The SMILES string of the molecule is c1ccc2c(CCn3cc(CN4CCCCC4)nn3)c[nH]c2c1. The Morgan fingerprint density at radius 2 is 1.96 bits per heavy atom. The fourth-order valence-corrected chi connectivity index (χ4v) is 3.44. The molecule has 1 N–H and O–H groups in total. The first-order valence-electron chi connectivity index (χ1n) is 8.55. The minimum absolute atomic E-state index is 0.870. The van der Waals surface area contributed by atoms with Crippen LogP contribution in [0.2, 0.25) is 0 Å². The number of nitrogens with one attached hydrogen (secondary N) is 1. The fraction of sp³-hybridized carbons (Fsp3) is 0.444. The van der Waals surface area contributed by atoms with E-state index >= 15 is 0 Å². The molecule has 1 aliphatic heterocycles. The largest absolute Gasteiger partial charge is 0.361 e. The number of aromatic amines is 1. The second kappa shape index (κ2) is 6.54. The van der Waals surface area contributed by atoms with Crippen molar-refractivity contribution in [3.63, 3.8) is 0 Å². The molecule has 5 heteroatoms. The van der Waals surface area contributed by atoms with E-state index in [-0.39, 0.29) is 0 Å². The van der Waals surface area contributed by atoms with Gasteiger partial charge in [0.25, 0.3) is 0 Å². The van der Waals surface area contributed by atoms with Crippen LogP contribution < -0.4 is 0 Å². The van der Waals surface area contributed by atoms with E-state index in [1.165, 1.54) is 48.8 Å². The molecule has 3 aromatic rings. The summed E-state index contributed by atoms with van der Waals surface area (Å²) in [4.78, 5) is 5.82. The van der Waals surface area contributed by atoms with Gasteiger partial charge in [0, 0.05) is 36.4 Å². The van der Waals surface area contributed by atoms with Gasteiger partial charge in [0.1, 0.15) is 0 Å². The predicted octanol–water partition coefficient (Wildman–Crippen LogP) is 2.99. The van der Waals surface area contributed by atoms with E-state index < -0.39 is 0 Å². The number of para-hydroxylation sites is 1. The maximum Gasteiger partial charge on any atom is 0.0967 e. The summed E-state index contributed by atoms with van der Waals surface area (Å²) >= 11 is 0. The first kappa shape index (κ1) is 14.5. The van der Waals surface area contributed by atoms with Gasteiger partial charge in [-0.3, -0.25) is 9.58 Å². The van der Waals surface area contributed by atoms with Gasteiger partial charge in [-0.15, -0.1) is 5.10 Å². The Labute approximate surface area is 136 Å². The molecule has 4 rings (SSSR count). The van der Waals surface area contributed by atoms with Gasteiger partial charge < -0.3 is 4.98 Å². The lowest BCUT2D eigenvalue weighted by Crippen LogP contribution is -2.29. The monoisotopic (exact) mass is 309 g/mol. The lowest BCUT2D eigenvalue weighted by Gasteiger charge is -2.25. The van der Waals surface area contributed by atoms with E-state index in [1.54, 1.807) is 0 Å². The van der Waals surface area contributed by atoms with E-state index in [2.05, 4.69) is 56.9 Å². The zero-order valence-electron chi connectivity index (χ0n) is 13.4. The Balaban J connectivity index is 1.38. The second-order valence-corrected chi connectivity index (χ2v) is 6.42. The number of aryl methyl sites for hydroxylation is 2. The minimum atomic E-state index is 0.870. The van der Waals surface area contributed by atoms with Gasteiger partial charge in [0.05, 0.1) is 5.69 Å². The highest BCUT2D eigenvalue weighted by Gasteiger charge is 2.12. The number of fused-ring (bicyclic) bond motifs is 1. The molecule has 1 aliphatic rings. The van der Waals surface area contributed by atoms with Crippen molar-refractivity contribution in [2.24, 2.45) is 0 Å². The van der Waals surface area contributed by atoms with Gasteiger partial charge in [-0.05, 0) is 44.0 Å². The molecule has 5 nitrogen and oxygen atoms in total. The van der Waals surface area contributed by atoms with Crippen molar-refractivity contribution in [3.8, 4) is 0 Å². The summed E-state index contributed by atoms with van der Waals surface area (Å²) in [6.07, 6.45) is 9.17. The molecule has 1 fully saturated rings. The summed E-state index contributed by atoms with van der Waals surface area (Å²) in [5, 5.41) is 9.93. The van der Waals surface area contributed by atoms with Crippen molar-refractivity contribution in [2.45, 2.75) is 38.8 Å². The number of benzene rings is 1. The van der Waals surface area contributed by atoms with Crippen LogP contribution in [-0.4, -0.2) is 38.0 Å². The molecule has 1 aromatic carbocycles. The van der Waals surface area contributed by atoms with Gasteiger partial charge in [-0.1, -0.05) is 29.8 Å². The van der Waals surface area contributed by atoms with Crippen LogP contribution in [0.1, 0.15) is 30.5 Å². The molecular formula is C18H23N5. The molecular weight excluding hydrogens is 286 g/mol. The van der Waals surface area contributed by atoms with E-state index in [0.717, 1.165) is 25.2 Å². The average Bonchev–Trinajstić information content (AvgIpc) is 3.21. The second-order valence-electron chi connectivity index (χ2n) is 6.42. The molecule has 0 atom stereocenters. The third-order valence-corrected chi connectivity index (χ3v) is 4.71. The molecule has 0 amide bonds. The van der Waals surface area contributed by atoms with Crippen LogP contribution in [-0.2, 0) is 19.5 Å². The van der Waals surface area contributed by atoms with Crippen molar-refractivity contribution in [2.75, 3.05) is 13.1 Å². The molecule has 23 heavy (non-hydrogen) atoms. The van der Waals surface area contributed by atoms with Crippen molar-refractivity contribution >= 4 is 10.9 Å². The Morgan fingerprint density at radius 3 is 2.87 bits per heavy atom. The van der Waals surface area contributed by atoms with E-state index in [0.29, 0.717) is 0 Å². The molecule has 0 saturated carbocycles. The average molecular weight is 309 g/mol. The van der Waals surface area contributed by atoms with E-state index in [1.807, 2.05) is 4.68 Å². The number of hydrogen-bond donors (Lipinski definition) is 1. The zero-order chi connectivity index (χ0) is 15.5. The summed E-state index contributed by atoms with van der Waals surface area (Å²) < 4.78 is 1.97. The van der Waals surface area contributed by atoms with Crippen LogP contribution in [0.25, 0.3) is 10.9 Å². The Morgan fingerprint density at radius 1 is 1.09 bits per heavy atom. The Bertz CT molecular complexity index is 766. The summed E-state index contributed by atoms with van der Waals surface area (Å²) in [5.41, 5.74) is 3.63. The maximum atomic E-state index is 4.34. The summed E-state index contributed by atoms with van der Waals surface area (Å²) in [7, 11) is 0. The smallest absolute Gasteiger partial charge is 0.0967 e. The lowest BCUT2D eigenvalue weighted by molar-refractivity contribution is 0.218. The zero-order valence-corrected chi connectivity index (χ0v) is 13.4. The van der Waals surface area contributed by atoms with Crippen LogP contribution in [0, 0.1) is 0 Å². The van der Waals surface area contributed by atoms with E-state index in [9.17, 15) is 0 Å². The number of H-pyrrole nitrogens is 1. The molecule has 0 aliphatic carbocycles. The van der Waals surface area contributed by atoms with Crippen LogP contribution in [0.15, 0.2) is 36.7 Å². The van der Waals surface area contributed by atoms with Crippen molar-refractivity contribution in [1.82, 2.24) is 24.9 Å². The number of likely N-dealkylation sites (tertiary alicyclic amines) is 1. The highest BCUT2D eigenvalue weighted by molar-refractivity contribution is 5.82. The molecule has 3 heterocycles. The van der Waals surface area contributed by atoms with Crippen molar-refractivity contribution in [1.29, 1.82) is 0 Å². The van der Waals surface area contributed by atoms with Gasteiger partial charge in [0.2, 0.25) is 0 Å². The Hall–Kier alpha value is -2.14. The van der Waals surface area contributed by atoms with Crippen LogP contribution in [0.5, 0.6) is 0 Å². The maximum absolute atomic E-state index is 4.34. The molecule has 2 aromatic heterocycles. The van der Waals surface area contributed by atoms with Gasteiger partial charge >= 0.3 is 0 Å². The molecule has 0 unspecified atom stereocenters. The van der Waals surface area contributed by atoms with Crippen molar-refractivity contribution < 1.29 is 0 Å². The van der Waals surface area contributed by atoms with Gasteiger partial charge in [0.15, 0.2) is 0 Å².